The van der Waals surface area contributed by atoms with Crippen LogP contribution in [0, 0.1) is 5.82 Å². The number of carbonyl (C=O) groups excluding carboxylic acids is 1. The van der Waals surface area contributed by atoms with E-state index in [9.17, 15) is 9.18 Å². The summed E-state index contributed by atoms with van der Waals surface area (Å²) in [5.74, 6) is -0.167. The Morgan fingerprint density at radius 3 is 2.31 bits per heavy atom. The van der Waals surface area contributed by atoms with Gasteiger partial charge in [0.25, 0.3) is 0 Å². The molecule has 1 heterocycles. The fourth-order valence-corrected chi connectivity index (χ4v) is 3.86. The van der Waals surface area contributed by atoms with Gasteiger partial charge in [0.15, 0.2) is 0 Å². The Hall–Kier alpha value is -1.82. The number of likely N-dealkylation sites (N-methyl/N-ethyl adjacent to an activating group) is 1. The summed E-state index contributed by atoms with van der Waals surface area (Å²) in [5.41, 5.74) is 1.64. The van der Waals surface area contributed by atoms with E-state index in [0.717, 1.165) is 12.1 Å². The summed E-state index contributed by atoms with van der Waals surface area (Å²) >= 11 is 12.1. The van der Waals surface area contributed by atoms with Gasteiger partial charge in [-0.1, -0.05) is 35.3 Å². The van der Waals surface area contributed by atoms with Crippen LogP contribution >= 0.6 is 23.2 Å². The third-order valence-corrected chi connectivity index (χ3v) is 5.24. The number of anilines is 1. The van der Waals surface area contributed by atoms with Crippen molar-refractivity contribution in [3.8, 4) is 0 Å². The smallest absolute Gasteiger partial charge is 0.322 e. The molecule has 1 fully saturated rings. The van der Waals surface area contributed by atoms with Crippen LogP contribution in [0.4, 0.5) is 14.9 Å². The number of hydrogen-bond acceptors (Lipinski definition) is 2. The maximum absolute atomic E-state index is 13.2. The van der Waals surface area contributed by atoms with Crippen molar-refractivity contribution in [2.24, 2.45) is 0 Å². The molecule has 2 unspecified atom stereocenters. The lowest BCUT2D eigenvalue weighted by molar-refractivity contribution is 0.197. The molecule has 138 valence electrons. The van der Waals surface area contributed by atoms with Gasteiger partial charge < -0.3 is 10.2 Å². The second kappa shape index (κ2) is 7.82. The van der Waals surface area contributed by atoms with Crippen LogP contribution in [0.1, 0.15) is 11.5 Å². The fourth-order valence-electron chi connectivity index (χ4n) is 3.34. The molecule has 1 aliphatic heterocycles. The molecule has 2 amide bonds. The Morgan fingerprint density at radius 2 is 1.69 bits per heavy atom. The molecule has 0 aliphatic carbocycles. The Kier molecular flexibility index (Phi) is 5.70. The molecule has 0 saturated carbocycles. The fraction of sp³-hybridized carbons (Fsp3) is 0.316. The highest BCUT2D eigenvalue weighted by molar-refractivity contribution is 6.35. The predicted octanol–water partition coefficient (Wildman–Crippen LogP) is 4.38. The van der Waals surface area contributed by atoms with Crippen molar-refractivity contribution in [1.82, 2.24) is 10.2 Å². The van der Waals surface area contributed by atoms with Crippen molar-refractivity contribution < 1.29 is 9.18 Å². The number of benzene rings is 2. The largest absolute Gasteiger partial charge is 0.324 e. The summed E-state index contributed by atoms with van der Waals surface area (Å²) < 4.78 is 13.2. The Labute approximate surface area is 162 Å². The predicted molar refractivity (Wildman–Crippen MR) is 104 cm³/mol. The monoisotopic (exact) mass is 395 g/mol. The molecule has 26 heavy (non-hydrogen) atoms. The molecule has 0 bridgehead atoms. The van der Waals surface area contributed by atoms with Gasteiger partial charge in [0.2, 0.25) is 0 Å². The lowest BCUT2D eigenvalue weighted by Gasteiger charge is -2.32. The van der Waals surface area contributed by atoms with E-state index >= 15 is 0 Å². The number of amides is 2. The minimum Gasteiger partial charge on any atom is -0.322 e. The third kappa shape index (κ3) is 3.95. The van der Waals surface area contributed by atoms with Crippen LogP contribution in [0.15, 0.2) is 42.5 Å². The number of rotatable bonds is 3. The second-order valence-electron chi connectivity index (χ2n) is 6.46. The molecule has 1 N–H and O–H groups in total. The van der Waals surface area contributed by atoms with Crippen molar-refractivity contribution in [3.05, 3.63) is 63.9 Å². The van der Waals surface area contributed by atoms with Gasteiger partial charge in [-0.05, 0) is 35.9 Å². The van der Waals surface area contributed by atoms with Crippen LogP contribution in [-0.2, 0) is 0 Å². The maximum atomic E-state index is 13.2. The van der Waals surface area contributed by atoms with Crippen LogP contribution in [0.2, 0.25) is 10.0 Å². The molecule has 0 aromatic heterocycles. The molecule has 2 atom stereocenters. The minimum atomic E-state index is -0.266. The van der Waals surface area contributed by atoms with Crippen LogP contribution in [0.5, 0.6) is 0 Å². The first-order valence-corrected chi connectivity index (χ1v) is 9.05. The van der Waals surface area contributed by atoms with Gasteiger partial charge >= 0.3 is 6.03 Å². The van der Waals surface area contributed by atoms with Gasteiger partial charge in [-0.3, -0.25) is 4.90 Å². The first-order chi connectivity index (χ1) is 12.4. The molecule has 4 nitrogen and oxygen atoms in total. The summed E-state index contributed by atoms with van der Waals surface area (Å²) in [6, 6.07) is 11.3. The molecule has 2 aromatic carbocycles. The van der Waals surface area contributed by atoms with Gasteiger partial charge in [-0.25, -0.2) is 9.18 Å². The molecular formula is C19H20Cl2FN3O. The molecule has 1 saturated heterocycles. The summed E-state index contributed by atoms with van der Waals surface area (Å²) in [4.78, 5) is 16.2. The zero-order valence-corrected chi connectivity index (χ0v) is 16.1. The molecule has 7 heteroatoms. The van der Waals surface area contributed by atoms with E-state index in [-0.39, 0.29) is 23.8 Å². The van der Waals surface area contributed by atoms with E-state index in [1.165, 1.54) is 17.0 Å². The number of hydrogen-bond donors (Lipinski definition) is 1. The molecule has 0 spiro atoms. The van der Waals surface area contributed by atoms with E-state index in [1.807, 2.05) is 0 Å². The van der Waals surface area contributed by atoms with Crippen molar-refractivity contribution in [2.75, 3.05) is 32.1 Å². The van der Waals surface area contributed by atoms with Gasteiger partial charge in [-0.2, -0.15) is 0 Å². The summed E-state index contributed by atoms with van der Waals surface area (Å²) in [6.07, 6.45) is 0. The highest BCUT2D eigenvalue weighted by atomic mass is 35.5. The summed E-state index contributed by atoms with van der Waals surface area (Å²) in [7, 11) is 3.47. The average Bonchev–Trinajstić information content (AvgIpc) is 3.09. The Morgan fingerprint density at radius 1 is 1.08 bits per heavy atom. The normalized spacial score (nSPS) is 19.4. The van der Waals surface area contributed by atoms with Crippen molar-refractivity contribution in [1.29, 1.82) is 0 Å². The number of halogens is 3. The average molecular weight is 396 g/mol. The van der Waals surface area contributed by atoms with Crippen molar-refractivity contribution in [2.45, 2.75) is 12.0 Å². The van der Waals surface area contributed by atoms with E-state index < -0.39 is 0 Å². The third-order valence-electron chi connectivity index (χ3n) is 4.80. The molecule has 2 aromatic rings. The molecular weight excluding hydrogens is 376 g/mol. The topological polar surface area (TPSA) is 35.6 Å². The van der Waals surface area contributed by atoms with E-state index in [1.54, 1.807) is 49.3 Å². The SMILES string of the molecule is CN(C(=O)N(C)C1CNCC1c1ccc(F)cc1)c1cc(Cl)cc(Cl)c1. The molecule has 0 radical (unpaired) electrons. The number of nitrogens with one attached hydrogen (secondary N) is 1. The first kappa shape index (κ1) is 19.0. The van der Waals surface area contributed by atoms with Gasteiger partial charge in [0.05, 0.1) is 6.04 Å². The zero-order valence-electron chi connectivity index (χ0n) is 14.5. The van der Waals surface area contributed by atoms with Gasteiger partial charge in [-0.15, -0.1) is 0 Å². The van der Waals surface area contributed by atoms with Gasteiger partial charge in [0, 0.05) is 48.8 Å². The molecule has 1 aliphatic rings. The summed E-state index contributed by atoms with van der Waals surface area (Å²) in [5, 5.41) is 4.27. The number of nitrogens with zero attached hydrogens (tertiary/aromatic N) is 2. The number of carbonyl (C=O) groups is 1. The first-order valence-electron chi connectivity index (χ1n) is 8.29. The van der Waals surface area contributed by atoms with Crippen molar-refractivity contribution >= 4 is 34.9 Å². The van der Waals surface area contributed by atoms with Crippen LogP contribution in [0.25, 0.3) is 0 Å². The molecule has 3 rings (SSSR count). The number of urea groups is 1. The lowest BCUT2D eigenvalue weighted by atomic mass is 9.93. The van der Waals surface area contributed by atoms with Crippen LogP contribution in [0.3, 0.4) is 0 Å². The maximum Gasteiger partial charge on any atom is 0.324 e. The van der Waals surface area contributed by atoms with E-state index in [4.69, 9.17) is 23.2 Å². The quantitative estimate of drug-likeness (QED) is 0.836. The highest BCUT2D eigenvalue weighted by Gasteiger charge is 2.35. The Balaban J connectivity index is 1.79. The van der Waals surface area contributed by atoms with Crippen LogP contribution in [-0.4, -0.2) is 44.2 Å². The minimum absolute atomic E-state index is 0.0370. The Bertz CT molecular complexity index is 780. The van der Waals surface area contributed by atoms with E-state index in [0.29, 0.717) is 22.3 Å². The van der Waals surface area contributed by atoms with Crippen molar-refractivity contribution in [3.63, 3.8) is 0 Å². The lowest BCUT2D eigenvalue weighted by Crippen LogP contribution is -2.47. The zero-order chi connectivity index (χ0) is 18.8. The second-order valence-corrected chi connectivity index (χ2v) is 7.34. The van der Waals surface area contributed by atoms with Gasteiger partial charge in [0.1, 0.15) is 5.82 Å². The highest BCUT2D eigenvalue weighted by Crippen LogP contribution is 2.29. The van der Waals surface area contributed by atoms with Crippen LogP contribution < -0.4 is 10.2 Å². The standard InChI is InChI=1S/C19H20Cl2FN3O/c1-24(16-8-13(20)7-14(21)9-16)19(26)25(2)18-11-23-10-17(18)12-3-5-15(22)6-4-12/h3-9,17-18,23H,10-11H2,1-2H3. The van der Waals surface area contributed by atoms with E-state index in [2.05, 4.69) is 5.32 Å². The summed E-state index contributed by atoms with van der Waals surface area (Å²) in [6.45, 7) is 1.41.